The third-order valence-corrected chi connectivity index (χ3v) is 7.54. The molecule has 4 heterocycles. The summed E-state index contributed by atoms with van der Waals surface area (Å²) in [6.07, 6.45) is 5.50. The Hall–Kier alpha value is -2.97. The highest BCUT2D eigenvalue weighted by Gasteiger charge is 2.33. The van der Waals surface area contributed by atoms with Crippen LogP contribution in [0, 0.1) is 5.92 Å². The van der Waals surface area contributed by atoms with Gasteiger partial charge in [-0.2, -0.15) is 0 Å². The topological polar surface area (TPSA) is 57.9 Å². The molecule has 2 saturated heterocycles. The summed E-state index contributed by atoms with van der Waals surface area (Å²) in [5, 5.41) is 0. The van der Waals surface area contributed by atoms with Gasteiger partial charge in [-0.1, -0.05) is 67.3 Å². The number of thioether (sulfide) groups is 1. The molecule has 5 rings (SSSR count). The molecule has 1 aromatic carbocycles. The molecule has 0 radical (unpaired) electrons. The summed E-state index contributed by atoms with van der Waals surface area (Å²) >= 11 is 6.75. The van der Waals surface area contributed by atoms with Gasteiger partial charge in [0.15, 0.2) is 0 Å². The van der Waals surface area contributed by atoms with Crippen molar-refractivity contribution in [2.45, 2.75) is 26.3 Å². The molecular formula is C25H24N4O2S2. The second-order valence-electron chi connectivity index (χ2n) is 8.51. The van der Waals surface area contributed by atoms with E-state index in [0.717, 1.165) is 31.5 Å². The minimum Gasteiger partial charge on any atom is -0.356 e. The van der Waals surface area contributed by atoms with E-state index in [9.17, 15) is 9.59 Å². The monoisotopic (exact) mass is 476 g/mol. The second-order valence-corrected chi connectivity index (χ2v) is 10.2. The molecule has 0 spiro atoms. The molecular weight excluding hydrogens is 452 g/mol. The highest BCUT2D eigenvalue weighted by molar-refractivity contribution is 8.26. The van der Waals surface area contributed by atoms with Gasteiger partial charge in [0.1, 0.15) is 15.8 Å². The van der Waals surface area contributed by atoms with Crippen molar-refractivity contribution in [3.05, 3.63) is 81.1 Å². The van der Waals surface area contributed by atoms with E-state index in [0.29, 0.717) is 38.7 Å². The number of benzene rings is 1. The molecule has 6 nitrogen and oxygen atoms in total. The van der Waals surface area contributed by atoms with Crippen LogP contribution in [-0.4, -0.2) is 37.6 Å². The van der Waals surface area contributed by atoms with E-state index < -0.39 is 0 Å². The number of carbonyl (C=O) groups excluding carboxylic acids is 1. The number of fused-ring (bicyclic) bond motifs is 1. The zero-order valence-corrected chi connectivity index (χ0v) is 19.9. The zero-order valence-electron chi connectivity index (χ0n) is 18.3. The number of carbonyl (C=O) groups is 1. The van der Waals surface area contributed by atoms with Gasteiger partial charge in [-0.05, 0) is 42.5 Å². The van der Waals surface area contributed by atoms with Crippen LogP contribution in [0.3, 0.4) is 0 Å². The van der Waals surface area contributed by atoms with Gasteiger partial charge in [0.25, 0.3) is 11.5 Å². The number of thiocarbonyl (C=S) groups is 1. The molecule has 168 valence electrons. The predicted molar refractivity (Wildman–Crippen MR) is 137 cm³/mol. The van der Waals surface area contributed by atoms with Crippen LogP contribution < -0.4 is 10.5 Å². The standard InChI is InChI=1S/C25H24N4O2S2/c1-17-10-13-27(14-11-17)22-19(23(30)28-12-6-5-9-21(28)26-22)15-20-24(31)29(25(32)33-20)16-18-7-3-2-4-8-18/h2-9,12,15,17H,10-11,13-14,16H2,1H3/b20-15-. The lowest BCUT2D eigenvalue weighted by Crippen LogP contribution is -2.36. The summed E-state index contributed by atoms with van der Waals surface area (Å²) in [5.41, 5.74) is 1.87. The summed E-state index contributed by atoms with van der Waals surface area (Å²) in [5.74, 6) is 1.12. The van der Waals surface area contributed by atoms with Crippen LogP contribution in [0.5, 0.6) is 0 Å². The Balaban J connectivity index is 1.55. The first-order valence-electron chi connectivity index (χ1n) is 11.1. The molecule has 2 fully saturated rings. The first-order valence-corrected chi connectivity index (χ1v) is 12.3. The molecule has 0 unspecified atom stereocenters. The largest absolute Gasteiger partial charge is 0.356 e. The molecule has 33 heavy (non-hydrogen) atoms. The molecule has 0 N–H and O–H groups in total. The molecule has 8 heteroatoms. The van der Waals surface area contributed by atoms with Crippen LogP contribution in [0.4, 0.5) is 5.82 Å². The number of rotatable bonds is 4. The van der Waals surface area contributed by atoms with Crippen molar-refractivity contribution >= 4 is 51.7 Å². The molecule has 2 aromatic heterocycles. The Bertz CT molecular complexity index is 1310. The first-order chi connectivity index (χ1) is 16.0. The Morgan fingerprint density at radius 3 is 2.58 bits per heavy atom. The fourth-order valence-corrected chi connectivity index (χ4v) is 5.45. The maximum Gasteiger partial charge on any atom is 0.267 e. The highest BCUT2D eigenvalue weighted by Crippen LogP contribution is 2.35. The van der Waals surface area contributed by atoms with Crippen LogP contribution in [-0.2, 0) is 11.3 Å². The van der Waals surface area contributed by atoms with Gasteiger partial charge < -0.3 is 4.90 Å². The summed E-state index contributed by atoms with van der Waals surface area (Å²) in [4.78, 5) is 35.8. The Kier molecular flexibility index (Phi) is 6.03. The van der Waals surface area contributed by atoms with Crippen LogP contribution in [0.2, 0.25) is 0 Å². The van der Waals surface area contributed by atoms with Crippen molar-refractivity contribution < 1.29 is 4.79 Å². The fourth-order valence-electron chi connectivity index (χ4n) is 4.21. The highest BCUT2D eigenvalue weighted by atomic mass is 32.2. The Morgan fingerprint density at radius 2 is 1.82 bits per heavy atom. The number of hydrogen-bond donors (Lipinski definition) is 0. The van der Waals surface area contributed by atoms with Crippen LogP contribution in [0.15, 0.2) is 64.4 Å². The van der Waals surface area contributed by atoms with Gasteiger partial charge in [0.2, 0.25) is 0 Å². The van der Waals surface area contributed by atoms with Gasteiger partial charge in [0.05, 0.1) is 17.0 Å². The van der Waals surface area contributed by atoms with E-state index in [1.165, 1.54) is 16.2 Å². The van der Waals surface area contributed by atoms with Crippen LogP contribution in [0.25, 0.3) is 11.7 Å². The van der Waals surface area contributed by atoms with E-state index in [1.807, 2.05) is 42.5 Å². The number of piperidine rings is 1. The SMILES string of the molecule is CC1CCN(c2nc3ccccn3c(=O)c2/C=C2\SC(=S)N(Cc3ccccc3)C2=O)CC1. The third kappa shape index (κ3) is 4.32. The number of hydrogen-bond acceptors (Lipinski definition) is 6. The van der Waals surface area contributed by atoms with Crippen molar-refractivity contribution in [3.8, 4) is 0 Å². The molecule has 0 atom stereocenters. The van der Waals surface area contributed by atoms with E-state index in [2.05, 4.69) is 11.8 Å². The van der Waals surface area contributed by atoms with Crippen LogP contribution in [0.1, 0.15) is 30.9 Å². The lowest BCUT2D eigenvalue weighted by atomic mass is 9.99. The van der Waals surface area contributed by atoms with Gasteiger partial charge in [0, 0.05) is 19.3 Å². The van der Waals surface area contributed by atoms with Gasteiger partial charge in [-0.15, -0.1) is 0 Å². The number of nitrogens with zero attached hydrogens (tertiary/aromatic N) is 4. The molecule has 0 aliphatic carbocycles. The Labute approximate surface area is 201 Å². The van der Waals surface area contributed by atoms with Crippen molar-refractivity contribution in [2.24, 2.45) is 5.92 Å². The minimum absolute atomic E-state index is 0.176. The average Bonchev–Trinajstić information content (AvgIpc) is 3.09. The van der Waals surface area contributed by atoms with Crippen molar-refractivity contribution in [1.29, 1.82) is 0 Å². The summed E-state index contributed by atoms with van der Waals surface area (Å²) < 4.78 is 2.03. The van der Waals surface area contributed by atoms with Gasteiger partial charge in [-0.25, -0.2) is 4.98 Å². The molecule has 0 saturated carbocycles. The van der Waals surface area contributed by atoms with Gasteiger partial charge in [-0.3, -0.25) is 18.9 Å². The summed E-state index contributed by atoms with van der Waals surface area (Å²) in [6.45, 7) is 4.34. The quantitative estimate of drug-likeness (QED) is 0.413. The molecule has 0 bridgehead atoms. The normalized spacial score (nSPS) is 18.6. The summed E-state index contributed by atoms with van der Waals surface area (Å²) in [7, 11) is 0. The van der Waals surface area contributed by atoms with Crippen LogP contribution >= 0.6 is 24.0 Å². The maximum atomic E-state index is 13.5. The number of anilines is 1. The van der Waals surface area contributed by atoms with Gasteiger partial charge >= 0.3 is 0 Å². The van der Waals surface area contributed by atoms with Crippen molar-refractivity contribution in [1.82, 2.24) is 14.3 Å². The average molecular weight is 477 g/mol. The smallest absolute Gasteiger partial charge is 0.267 e. The fraction of sp³-hybridized carbons (Fsp3) is 0.280. The van der Waals surface area contributed by atoms with E-state index in [-0.39, 0.29) is 11.5 Å². The van der Waals surface area contributed by atoms with E-state index in [1.54, 1.807) is 23.2 Å². The number of amides is 1. The number of aromatic nitrogens is 2. The lowest BCUT2D eigenvalue weighted by molar-refractivity contribution is -0.122. The molecule has 1 amide bonds. The van der Waals surface area contributed by atoms with E-state index in [4.69, 9.17) is 17.2 Å². The number of pyridine rings is 1. The second kappa shape index (κ2) is 9.11. The lowest BCUT2D eigenvalue weighted by Gasteiger charge is -2.32. The predicted octanol–water partition coefficient (Wildman–Crippen LogP) is 4.33. The van der Waals surface area contributed by atoms with Crippen molar-refractivity contribution in [2.75, 3.05) is 18.0 Å². The molecule has 2 aliphatic rings. The molecule has 2 aliphatic heterocycles. The van der Waals surface area contributed by atoms with E-state index >= 15 is 0 Å². The minimum atomic E-state index is -0.178. The first kappa shape index (κ1) is 21.9. The third-order valence-electron chi connectivity index (χ3n) is 6.16. The maximum absolute atomic E-state index is 13.5. The van der Waals surface area contributed by atoms with Crippen molar-refractivity contribution in [3.63, 3.8) is 0 Å². The summed E-state index contributed by atoms with van der Waals surface area (Å²) in [6, 6.07) is 15.3. The molecule has 3 aromatic rings. The Morgan fingerprint density at radius 1 is 1.09 bits per heavy atom. The zero-order chi connectivity index (χ0) is 22.9.